The summed E-state index contributed by atoms with van der Waals surface area (Å²) >= 11 is 1.58. The molecule has 1 unspecified atom stereocenters. The average molecular weight is 515 g/mol. The Morgan fingerprint density at radius 3 is 2.84 bits per heavy atom. The number of rotatable bonds is 5. The van der Waals surface area contributed by atoms with Crippen LogP contribution in [0.15, 0.2) is 59.2 Å². The number of fused-ring (bicyclic) bond motifs is 2. The van der Waals surface area contributed by atoms with E-state index in [1.165, 1.54) is 4.90 Å². The van der Waals surface area contributed by atoms with Gasteiger partial charge in [-0.15, -0.1) is 11.3 Å². The van der Waals surface area contributed by atoms with Crippen molar-refractivity contribution in [3.05, 3.63) is 76.7 Å². The van der Waals surface area contributed by atoms with Gasteiger partial charge >= 0.3 is 0 Å². The molecule has 188 valence electrons. The zero-order valence-electron chi connectivity index (χ0n) is 20.6. The molecule has 2 aliphatic rings. The van der Waals surface area contributed by atoms with E-state index < -0.39 is 0 Å². The second-order valence-electron chi connectivity index (χ2n) is 9.59. The van der Waals surface area contributed by atoms with Gasteiger partial charge in [0, 0.05) is 20.1 Å². The van der Waals surface area contributed by atoms with Gasteiger partial charge in [-0.05, 0) is 62.2 Å². The molecule has 8 nitrogen and oxygen atoms in total. The Kier molecular flexibility index (Phi) is 5.79. The quantitative estimate of drug-likeness (QED) is 0.353. The summed E-state index contributed by atoms with van der Waals surface area (Å²) in [5, 5.41) is 0.931. The van der Waals surface area contributed by atoms with Gasteiger partial charge in [0.15, 0.2) is 0 Å². The zero-order valence-corrected chi connectivity index (χ0v) is 21.5. The highest BCUT2D eigenvalue weighted by Gasteiger charge is 2.40. The summed E-state index contributed by atoms with van der Waals surface area (Å²) in [4.78, 5) is 49.8. The molecule has 1 fully saturated rings. The van der Waals surface area contributed by atoms with E-state index in [0.29, 0.717) is 42.1 Å². The molecule has 2 aliphatic heterocycles. The van der Waals surface area contributed by atoms with Crippen molar-refractivity contribution in [3.63, 3.8) is 0 Å². The molecule has 0 bridgehead atoms. The average Bonchev–Trinajstić information content (AvgIpc) is 3.61. The van der Waals surface area contributed by atoms with E-state index in [2.05, 4.69) is 9.88 Å². The van der Waals surface area contributed by atoms with Gasteiger partial charge in [-0.3, -0.25) is 14.4 Å². The van der Waals surface area contributed by atoms with Crippen molar-refractivity contribution in [3.8, 4) is 0 Å². The third-order valence-corrected chi connectivity index (χ3v) is 8.04. The van der Waals surface area contributed by atoms with Gasteiger partial charge in [-0.2, -0.15) is 0 Å². The molecule has 0 spiro atoms. The van der Waals surface area contributed by atoms with Gasteiger partial charge in [0.1, 0.15) is 5.76 Å². The molecule has 0 N–H and O–H groups in total. The van der Waals surface area contributed by atoms with Crippen LogP contribution in [0.1, 0.15) is 44.3 Å². The first-order valence-electron chi connectivity index (χ1n) is 12.3. The Hall–Kier alpha value is -3.98. The van der Waals surface area contributed by atoms with Gasteiger partial charge in [0.2, 0.25) is 5.91 Å². The molecular formula is C28H26N4O4S. The molecule has 37 heavy (non-hydrogen) atoms. The Morgan fingerprint density at radius 1 is 1.16 bits per heavy atom. The predicted octanol–water partition coefficient (Wildman–Crippen LogP) is 4.87. The van der Waals surface area contributed by atoms with Gasteiger partial charge in [0.25, 0.3) is 11.8 Å². The minimum Gasteiger partial charge on any atom is -0.467 e. The lowest BCUT2D eigenvalue weighted by atomic mass is 9.95. The number of thiazole rings is 1. The van der Waals surface area contributed by atoms with Crippen LogP contribution in [0, 0.1) is 12.8 Å². The summed E-state index contributed by atoms with van der Waals surface area (Å²) in [6, 6.07) is 14.5. The fraction of sp³-hybridized carbons (Fsp3) is 0.286. The van der Waals surface area contributed by atoms with E-state index in [1.807, 2.05) is 37.3 Å². The van der Waals surface area contributed by atoms with Gasteiger partial charge in [0.05, 0.1) is 56.5 Å². The maximum Gasteiger partial charge on any atom is 0.268 e. The van der Waals surface area contributed by atoms with Crippen molar-refractivity contribution in [1.82, 2.24) is 9.88 Å². The normalized spacial score (nSPS) is 17.5. The summed E-state index contributed by atoms with van der Waals surface area (Å²) in [5.41, 5.74) is 2.78. The number of benzene rings is 2. The fourth-order valence-corrected chi connectivity index (χ4v) is 6.17. The lowest BCUT2D eigenvalue weighted by Crippen LogP contribution is -2.44. The minimum atomic E-state index is -0.342. The number of piperidine rings is 1. The van der Waals surface area contributed by atoms with Gasteiger partial charge in [-0.25, -0.2) is 9.88 Å². The molecule has 1 saturated heterocycles. The maximum atomic E-state index is 13.7. The SMILES string of the molecule is Cc1nc2cc(N3C(=O)c4cccc(N5CCCC(C(=O)N(C)Cc6ccco6)C5)c4C3=O)ccc2s1. The monoisotopic (exact) mass is 514 g/mol. The van der Waals surface area contributed by atoms with Gasteiger partial charge < -0.3 is 14.2 Å². The third-order valence-electron chi connectivity index (χ3n) is 7.09. The minimum absolute atomic E-state index is 0.0459. The number of anilines is 2. The first-order valence-corrected chi connectivity index (χ1v) is 13.1. The molecule has 6 rings (SSSR count). The number of furan rings is 1. The zero-order chi connectivity index (χ0) is 25.7. The van der Waals surface area contributed by atoms with Crippen molar-refractivity contribution in [2.75, 3.05) is 29.9 Å². The topological polar surface area (TPSA) is 87.0 Å². The van der Waals surface area contributed by atoms with E-state index in [9.17, 15) is 14.4 Å². The molecule has 9 heteroatoms. The molecule has 1 atom stereocenters. The van der Waals surface area contributed by atoms with Crippen molar-refractivity contribution < 1.29 is 18.8 Å². The highest BCUT2D eigenvalue weighted by atomic mass is 32.1. The summed E-state index contributed by atoms with van der Waals surface area (Å²) in [6.07, 6.45) is 3.20. The first-order chi connectivity index (χ1) is 17.9. The summed E-state index contributed by atoms with van der Waals surface area (Å²) in [7, 11) is 1.78. The van der Waals surface area contributed by atoms with E-state index in [0.717, 1.165) is 33.8 Å². The lowest BCUT2D eigenvalue weighted by molar-refractivity contribution is -0.135. The van der Waals surface area contributed by atoms with Crippen LogP contribution in [0.2, 0.25) is 0 Å². The largest absolute Gasteiger partial charge is 0.467 e. The van der Waals surface area contributed by atoms with Crippen molar-refractivity contribution >= 4 is 50.6 Å². The van der Waals surface area contributed by atoms with Crippen LogP contribution in [0.25, 0.3) is 10.2 Å². The predicted molar refractivity (Wildman–Crippen MR) is 142 cm³/mol. The molecule has 0 aliphatic carbocycles. The molecule has 0 radical (unpaired) electrons. The third kappa shape index (κ3) is 4.09. The molecular weight excluding hydrogens is 488 g/mol. The van der Waals surface area contributed by atoms with E-state index >= 15 is 0 Å². The van der Waals surface area contributed by atoms with Crippen LogP contribution in [-0.2, 0) is 11.3 Å². The number of aryl methyl sites for hydroxylation is 1. The molecule has 2 aromatic heterocycles. The number of nitrogens with zero attached hydrogens (tertiary/aromatic N) is 4. The number of aromatic nitrogens is 1. The number of hydrogen-bond acceptors (Lipinski definition) is 7. The van der Waals surface area contributed by atoms with Crippen LogP contribution < -0.4 is 9.80 Å². The van der Waals surface area contributed by atoms with Crippen LogP contribution >= 0.6 is 11.3 Å². The number of carbonyl (C=O) groups is 3. The van der Waals surface area contributed by atoms with E-state index in [-0.39, 0.29) is 23.6 Å². The van der Waals surface area contributed by atoms with Crippen molar-refractivity contribution in [2.45, 2.75) is 26.3 Å². The maximum absolute atomic E-state index is 13.7. The van der Waals surface area contributed by atoms with Crippen molar-refractivity contribution in [2.24, 2.45) is 5.92 Å². The molecule has 0 saturated carbocycles. The number of amides is 3. The number of hydrogen-bond donors (Lipinski definition) is 0. The fourth-order valence-electron chi connectivity index (χ4n) is 5.36. The Labute approximate surface area is 218 Å². The second-order valence-corrected chi connectivity index (χ2v) is 10.8. The first kappa shape index (κ1) is 23.4. The van der Waals surface area contributed by atoms with Crippen LogP contribution in [0.3, 0.4) is 0 Å². The van der Waals surface area contributed by atoms with Gasteiger partial charge in [-0.1, -0.05) is 6.07 Å². The Morgan fingerprint density at radius 2 is 2.03 bits per heavy atom. The Bertz CT molecular complexity index is 1530. The Balaban J connectivity index is 1.26. The molecule has 2 aromatic carbocycles. The summed E-state index contributed by atoms with van der Waals surface area (Å²) < 4.78 is 6.41. The number of imide groups is 1. The highest BCUT2D eigenvalue weighted by Crippen LogP contribution is 2.37. The lowest BCUT2D eigenvalue weighted by Gasteiger charge is -2.36. The highest BCUT2D eigenvalue weighted by molar-refractivity contribution is 7.18. The van der Waals surface area contributed by atoms with Crippen LogP contribution in [-0.4, -0.2) is 47.7 Å². The van der Waals surface area contributed by atoms with E-state index in [1.54, 1.807) is 47.7 Å². The van der Waals surface area contributed by atoms with E-state index in [4.69, 9.17) is 4.42 Å². The van der Waals surface area contributed by atoms with Crippen molar-refractivity contribution in [1.29, 1.82) is 0 Å². The number of carbonyl (C=O) groups excluding carboxylic acids is 3. The smallest absolute Gasteiger partial charge is 0.268 e. The van der Waals surface area contributed by atoms with Crippen LogP contribution in [0.5, 0.6) is 0 Å². The summed E-state index contributed by atoms with van der Waals surface area (Å²) in [5.74, 6) is -0.103. The second kappa shape index (κ2) is 9.15. The van der Waals surface area contributed by atoms with Crippen LogP contribution in [0.4, 0.5) is 11.4 Å². The molecule has 4 aromatic rings. The molecule has 3 amide bonds. The summed E-state index contributed by atoms with van der Waals surface area (Å²) in [6.45, 7) is 3.55. The molecule has 4 heterocycles. The standard InChI is InChI=1S/C28H26N4O4S/c1-17-29-22-14-19(10-11-24(22)37-17)32-27(34)21-8-3-9-23(25(21)28(32)35)31-12-4-6-18(15-31)26(33)30(2)16-20-7-5-13-36-20/h3,5,7-11,13-14,18H,4,6,12,15-16H2,1-2H3.